The summed E-state index contributed by atoms with van der Waals surface area (Å²) in [5, 5.41) is 12.7. The van der Waals surface area contributed by atoms with Crippen LogP contribution < -0.4 is 5.32 Å². The van der Waals surface area contributed by atoms with Crippen molar-refractivity contribution in [1.82, 2.24) is 5.32 Å². The molecule has 0 aliphatic carbocycles. The fourth-order valence-corrected chi connectivity index (χ4v) is 2.06. The second-order valence-corrected chi connectivity index (χ2v) is 4.73. The molecular formula is C14H21NO2. The van der Waals surface area contributed by atoms with Gasteiger partial charge in [0.15, 0.2) is 0 Å². The highest BCUT2D eigenvalue weighted by Gasteiger charge is 2.38. The Morgan fingerprint density at radius 1 is 1.35 bits per heavy atom. The molecule has 0 amide bonds. The van der Waals surface area contributed by atoms with Crippen molar-refractivity contribution in [1.29, 1.82) is 0 Å². The molecular weight excluding hydrogens is 214 g/mol. The largest absolute Gasteiger partial charge is 0.480 e. The van der Waals surface area contributed by atoms with Crippen LogP contribution in [0.1, 0.15) is 38.3 Å². The molecule has 0 aliphatic rings. The summed E-state index contributed by atoms with van der Waals surface area (Å²) in [6.07, 6.45) is 0.517. The van der Waals surface area contributed by atoms with Gasteiger partial charge in [0.2, 0.25) is 0 Å². The zero-order valence-electron chi connectivity index (χ0n) is 10.9. The molecule has 1 aromatic carbocycles. The Morgan fingerprint density at radius 2 is 1.88 bits per heavy atom. The predicted molar refractivity (Wildman–Crippen MR) is 69.1 cm³/mol. The number of aryl methyl sites for hydroxylation is 1. The predicted octanol–water partition coefficient (Wildman–Crippen LogP) is 2.68. The lowest BCUT2D eigenvalue weighted by molar-refractivity contribution is -0.146. The van der Waals surface area contributed by atoms with E-state index in [1.165, 1.54) is 0 Å². The first-order chi connectivity index (χ1) is 7.92. The maximum atomic E-state index is 11.6. The molecule has 94 valence electrons. The Kier molecular flexibility index (Phi) is 4.29. The monoisotopic (exact) mass is 235 g/mol. The number of aliphatic carboxylic acids is 1. The van der Waals surface area contributed by atoms with E-state index in [1.54, 1.807) is 0 Å². The Morgan fingerprint density at radius 3 is 2.24 bits per heavy atom. The van der Waals surface area contributed by atoms with E-state index in [1.807, 2.05) is 52.0 Å². The Hall–Kier alpha value is -1.35. The number of hydrogen-bond donors (Lipinski definition) is 2. The topological polar surface area (TPSA) is 49.3 Å². The van der Waals surface area contributed by atoms with Gasteiger partial charge in [-0.25, -0.2) is 4.79 Å². The van der Waals surface area contributed by atoms with Gasteiger partial charge in [0.1, 0.15) is 5.54 Å². The molecule has 17 heavy (non-hydrogen) atoms. The highest BCUT2D eigenvalue weighted by atomic mass is 16.4. The van der Waals surface area contributed by atoms with Gasteiger partial charge in [-0.15, -0.1) is 0 Å². The standard InChI is InChI=1S/C14H21NO2/c1-5-14(13(16)17,15-10(2)3)12-8-6-11(4)7-9-12/h6-10,15H,5H2,1-4H3,(H,16,17). The van der Waals surface area contributed by atoms with E-state index in [9.17, 15) is 9.90 Å². The van der Waals surface area contributed by atoms with Crippen LogP contribution in [-0.2, 0) is 10.3 Å². The summed E-state index contributed by atoms with van der Waals surface area (Å²) in [5.41, 5.74) is 0.961. The fraction of sp³-hybridized carbons (Fsp3) is 0.500. The van der Waals surface area contributed by atoms with Crippen LogP contribution in [0.3, 0.4) is 0 Å². The summed E-state index contributed by atoms with van der Waals surface area (Å²) in [6, 6.07) is 7.80. The molecule has 1 unspecified atom stereocenters. The van der Waals surface area contributed by atoms with Crippen molar-refractivity contribution in [3.05, 3.63) is 35.4 Å². The van der Waals surface area contributed by atoms with E-state index in [2.05, 4.69) is 5.32 Å². The molecule has 3 nitrogen and oxygen atoms in total. The second-order valence-electron chi connectivity index (χ2n) is 4.73. The number of hydrogen-bond acceptors (Lipinski definition) is 2. The van der Waals surface area contributed by atoms with Gasteiger partial charge in [0.25, 0.3) is 0 Å². The molecule has 0 aromatic heterocycles. The Labute approximate surface area is 103 Å². The van der Waals surface area contributed by atoms with Crippen molar-refractivity contribution < 1.29 is 9.90 Å². The van der Waals surface area contributed by atoms with Crippen molar-refractivity contribution in [3.63, 3.8) is 0 Å². The van der Waals surface area contributed by atoms with E-state index >= 15 is 0 Å². The van der Waals surface area contributed by atoms with Gasteiger partial charge in [-0.3, -0.25) is 5.32 Å². The summed E-state index contributed by atoms with van der Waals surface area (Å²) in [4.78, 5) is 11.6. The molecule has 1 rings (SSSR count). The molecule has 3 heteroatoms. The summed E-state index contributed by atoms with van der Waals surface area (Å²) in [7, 11) is 0. The van der Waals surface area contributed by atoms with E-state index in [0.29, 0.717) is 6.42 Å². The van der Waals surface area contributed by atoms with Gasteiger partial charge >= 0.3 is 5.97 Å². The average molecular weight is 235 g/mol. The molecule has 1 atom stereocenters. The minimum absolute atomic E-state index is 0.118. The average Bonchev–Trinajstić information content (AvgIpc) is 2.26. The van der Waals surface area contributed by atoms with Crippen LogP contribution in [0.5, 0.6) is 0 Å². The quantitative estimate of drug-likeness (QED) is 0.825. The number of benzene rings is 1. The van der Waals surface area contributed by atoms with Crippen LogP contribution >= 0.6 is 0 Å². The fourth-order valence-electron chi connectivity index (χ4n) is 2.06. The molecule has 0 aliphatic heterocycles. The molecule has 2 N–H and O–H groups in total. The molecule has 1 aromatic rings. The smallest absolute Gasteiger partial charge is 0.328 e. The third-order valence-electron chi connectivity index (χ3n) is 2.97. The van der Waals surface area contributed by atoms with Crippen LogP contribution in [0.4, 0.5) is 0 Å². The third kappa shape index (κ3) is 2.86. The maximum Gasteiger partial charge on any atom is 0.328 e. The molecule has 0 saturated heterocycles. The maximum absolute atomic E-state index is 11.6. The number of carbonyl (C=O) groups is 1. The zero-order valence-corrected chi connectivity index (χ0v) is 10.9. The number of carboxylic acids is 1. The van der Waals surface area contributed by atoms with Crippen molar-refractivity contribution in [2.75, 3.05) is 0 Å². The lowest BCUT2D eigenvalue weighted by atomic mass is 9.86. The lowest BCUT2D eigenvalue weighted by Gasteiger charge is -2.32. The summed E-state index contributed by atoms with van der Waals surface area (Å²) in [5.74, 6) is -0.822. The zero-order chi connectivity index (χ0) is 13.1. The van der Waals surface area contributed by atoms with Crippen LogP contribution in [-0.4, -0.2) is 17.1 Å². The minimum atomic E-state index is -0.984. The SMILES string of the molecule is CCC(NC(C)C)(C(=O)O)c1ccc(C)cc1. The summed E-state index contributed by atoms with van der Waals surface area (Å²) in [6.45, 7) is 7.81. The number of rotatable bonds is 5. The molecule has 0 heterocycles. The molecule has 0 fully saturated rings. The van der Waals surface area contributed by atoms with Crippen LogP contribution in [0.25, 0.3) is 0 Å². The minimum Gasteiger partial charge on any atom is -0.480 e. The summed E-state index contributed by atoms with van der Waals surface area (Å²) >= 11 is 0. The highest BCUT2D eigenvalue weighted by molar-refractivity contribution is 5.80. The highest BCUT2D eigenvalue weighted by Crippen LogP contribution is 2.26. The Balaban J connectivity index is 3.21. The first kappa shape index (κ1) is 13.7. The van der Waals surface area contributed by atoms with Crippen LogP contribution in [0.15, 0.2) is 24.3 Å². The molecule has 0 saturated carbocycles. The van der Waals surface area contributed by atoms with Crippen molar-refractivity contribution >= 4 is 5.97 Å². The molecule has 0 radical (unpaired) electrons. The first-order valence-electron chi connectivity index (χ1n) is 6.00. The van der Waals surface area contributed by atoms with E-state index in [0.717, 1.165) is 11.1 Å². The lowest BCUT2D eigenvalue weighted by Crippen LogP contribution is -2.51. The molecule has 0 bridgehead atoms. The van der Waals surface area contributed by atoms with Gasteiger partial charge in [-0.2, -0.15) is 0 Å². The number of nitrogens with one attached hydrogen (secondary N) is 1. The van der Waals surface area contributed by atoms with E-state index < -0.39 is 11.5 Å². The normalized spacial score (nSPS) is 14.6. The van der Waals surface area contributed by atoms with Crippen molar-refractivity contribution in [2.45, 2.75) is 45.7 Å². The van der Waals surface area contributed by atoms with Gasteiger partial charge in [-0.1, -0.05) is 36.8 Å². The Bertz CT molecular complexity index is 384. The van der Waals surface area contributed by atoms with E-state index in [4.69, 9.17) is 0 Å². The first-order valence-corrected chi connectivity index (χ1v) is 6.00. The van der Waals surface area contributed by atoms with Crippen LogP contribution in [0, 0.1) is 6.92 Å². The number of carboxylic acid groups (broad SMARTS) is 1. The van der Waals surface area contributed by atoms with Gasteiger partial charge in [0, 0.05) is 6.04 Å². The van der Waals surface area contributed by atoms with Crippen LogP contribution in [0.2, 0.25) is 0 Å². The van der Waals surface area contributed by atoms with E-state index in [-0.39, 0.29) is 6.04 Å². The van der Waals surface area contributed by atoms with Gasteiger partial charge in [-0.05, 0) is 32.8 Å². The summed E-state index contributed by atoms with van der Waals surface area (Å²) < 4.78 is 0. The van der Waals surface area contributed by atoms with Gasteiger partial charge < -0.3 is 5.11 Å². The van der Waals surface area contributed by atoms with Crippen molar-refractivity contribution in [3.8, 4) is 0 Å². The molecule has 0 spiro atoms. The van der Waals surface area contributed by atoms with Crippen molar-refractivity contribution in [2.24, 2.45) is 0 Å². The third-order valence-corrected chi connectivity index (χ3v) is 2.97. The van der Waals surface area contributed by atoms with Gasteiger partial charge in [0.05, 0.1) is 0 Å². The second kappa shape index (κ2) is 5.32.